The van der Waals surface area contributed by atoms with E-state index in [2.05, 4.69) is 10.6 Å². The maximum absolute atomic E-state index is 13.5. The summed E-state index contributed by atoms with van der Waals surface area (Å²) in [5.74, 6) is -0.681. The molecule has 0 aliphatic carbocycles. The van der Waals surface area contributed by atoms with Crippen LogP contribution in [0.5, 0.6) is 5.75 Å². The van der Waals surface area contributed by atoms with Crippen molar-refractivity contribution < 1.29 is 28.2 Å². The fourth-order valence-electron chi connectivity index (χ4n) is 2.04. The fourth-order valence-corrected chi connectivity index (χ4v) is 2.04. The third-order valence-electron chi connectivity index (χ3n) is 3.09. The summed E-state index contributed by atoms with van der Waals surface area (Å²) < 4.78 is 29.5. The average molecular weight is 414 g/mol. The van der Waals surface area contributed by atoms with Crippen molar-refractivity contribution >= 4 is 17.9 Å². The van der Waals surface area contributed by atoms with Gasteiger partial charge in [-0.05, 0) is 53.7 Å². The minimum absolute atomic E-state index is 0.00550. The Hall–Kier alpha value is -2.75. The van der Waals surface area contributed by atoms with Crippen LogP contribution in [0.2, 0.25) is 0 Å². The molecule has 164 valence electrons. The van der Waals surface area contributed by atoms with Crippen LogP contribution in [0.15, 0.2) is 18.2 Å². The number of amides is 2. The van der Waals surface area contributed by atoms with E-state index >= 15 is 0 Å². The van der Waals surface area contributed by atoms with Crippen LogP contribution in [0.1, 0.15) is 41.5 Å². The molecule has 0 bridgehead atoms. The Morgan fingerprint density at radius 2 is 1.48 bits per heavy atom. The molecule has 0 aliphatic rings. The molecule has 3 N–H and O–H groups in total. The van der Waals surface area contributed by atoms with E-state index in [9.17, 15) is 19.2 Å². The summed E-state index contributed by atoms with van der Waals surface area (Å²) in [6, 6.07) is 3.34. The minimum Gasteiger partial charge on any atom is -0.761 e. The normalized spacial score (nSPS) is 11.6. The van der Waals surface area contributed by atoms with Gasteiger partial charge in [-0.25, -0.2) is 14.0 Å². The van der Waals surface area contributed by atoms with Gasteiger partial charge in [-0.1, -0.05) is 0 Å². The van der Waals surface area contributed by atoms with Gasteiger partial charge in [0, 0.05) is 6.07 Å². The molecule has 0 aromatic heterocycles. The molecule has 2 amide bonds. The second kappa shape index (κ2) is 10.1. The van der Waals surface area contributed by atoms with E-state index in [4.69, 9.17) is 14.2 Å². The first kappa shape index (κ1) is 24.3. The van der Waals surface area contributed by atoms with E-state index in [1.54, 1.807) is 47.0 Å². The van der Waals surface area contributed by atoms with Gasteiger partial charge in [0.15, 0.2) is 0 Å². The molecule has 0 unspecified atom stereocenters. The maximum Gasteiger partial charge on any atom is 0.407 e. The van der Waals surface area contributed by atoms with Gasteiger partial charge in [-0.15, -0.1) is 0 Å². The Kier molecular flexibility index (Phi) is 8.50. The summed E-state index contributed by atoms with van der Waals surface area (Å²) in [7, 11) is 0. The predicted octanol–water partition coefficient (Wildman–Crippen LogP) is 3.53. The number of alkyl carbamates (subject to hydrolysis) is 2. The lowest BCUT2D eigenvalue weighted by Gasteiger charge is -2.25. The molecule has 0 atom stereocenters. The van der Waals surface area contributed by atoms with Gasteiger partial charge < -0.3 is 35.5 Å². The van der Waals surface area contributed by atoms with Crippen LogP contribution in [0, 0.1) is 11.0 Å². The van der Waals surface area contributed by atoms with Crippen LogP contribution < -0.4 is 20.9 Å². The van der Waals surface area contributed by atoms with Crippen molar-refractivity contribution in [2.24, 2.45) is 0 Å². The van der Waals surface area contributed by atoms with Gasteiger partial charge in [0.2, 0.25) is 0 Å². The van der Waals surface area contributed by atoms with Crippen LogP contribution in [-0.2, 0) is 9.47 Å². The van der Waals surface area contributed by atoms with Crippen molar-refractivity contribution in [3.05, 3.63) is 29.2 Å². The number of rotatable bonds is 7. The number of ether oxygens (including phenoxy) is 3. The number of carbonyl (C=O) groups is 2. The van der Waals surface area contributed by atoms with Crippen LogP contribution in [0.25, 0.3) is 0 Å². The number of anilines is 1. The Labute approximate surface area is 169 Å². The van der Waals surface area contributed by atoms with Crippen molar-refractivity contribution in [1.82, 2.24) is 10.6 Å². The average Bonchev–Trinajstić information content (AvgIpc) is 2.54. The third-order valence-corrected chi connectivity index (χ3v) is 3.09. The molecule has 0 radical (unpaired) electrons. The molecule has 0 saturated heterocycles. The van der Waals surface area contributed by atoms with Gasteiger partial charge in [0.05, 0.1) is 18.8 Å². The first-order valence-corrected chi connectivity index (χ1v) is 9.07. The summed E-state index contributed by atoms with van der Waals surface area (Å²) >= 11 is 0. The zero-order valence-electron chi connectivity index (χ0n) is 17.6. The number of hydrogen-bond donors (Lipinski definition) is 3. The topological polar surface area (TPSA) is 121 Å². The first-order chi connectivity index (χ1) is 13.3. The lowest BCUT2D eigenvalue weighted by atomic mass is 10.2. The number of halogens is 1. The van der Waals surface area contributed by atoms with Crippen molar-refractivity contribution in [3.8, 4) is 5.75 Å². The number of carbonyl (C=O) groups excluding carboxylic acids is 2. The molecule has 1 rings (SSSR count). The van der Waals surface area contributed by atoms with Crippen LogP contribution in [0.3, 0.4) is 0 Å². The molecule has 0 fully saturated rings. The SMILES string of the molecule is CC(C)(C)OC(=O)NCC(CNC(=O)OC(C)(C)C)Oc1cc(F)ccc1N[O-]. The minimum atomic E-state index is -0.844. The Morgan fingerprint density at radius 1 is 1.00 bits per heavy atom. The quantitative estimate of drug-likeness (QED) is 0.584. The predicted molar refractivity (Wildman–Crippen MR) is 106 cm³/mol. The molecule has 1 aromatic rings. The number of nitrogens with one attached hydrogen (secondary N) is 3. The highest BCUT2D eigenvalue weighted by Gasteiger charge is 2.21. The molecule has 0 spiro atoms. The Morgan fingerprint density at radius 3 is 1.90 bits per heavy atom. The highest BCUT2D eigenvalue weighted by molar-refractivity contribution is 5.68. The Bertz CT molecular complexity index is 668. The van der Waals surface area contributed by atoms with Crippen LogP contribution >= 0.6 is 0 Å². The molecule has 29 heavy (non-hydrogen) atoms. The lowest BCUT2D eigenvalue weighted by Crippen LogP contribution is -2.45. The van der Waals surface area contributed by atoms with Crippen LogP contribution in [0.4, 0.5) is 19.7 Å². The van der Waals surface area contributed by atoms with Gasteiger partial charge in [-0.2, -0.15) is 0 Å². The van der Waals surface area contributed by atoms with Crippen molar-refractivity contribution in [2.75, 3.05) is 18.6 Å². The molecular weight excluding hydrogens is 385 g/mol. The second-order valence-corrected chi connectivity index (χ2v) is 8.25. The molecule has 0 saturated carbocycles. The van der Waals surface area contributed by atoms with Gasteiger partial charge in [-0.3, -0.25) is 0 Å². The molecule has 10 heteroatoms. The van der Waals surface area contributed by atoms with Crippen molar-refractivity contribution in [3.63, 3.8) is 0 Å². The van der Waals surface area contributed by atoms with Crippen LogP contribution in [-0.4, -0.2) is 42.6 Å². The smallest absolute Gasteiger partial charge is 0.407 e. The summed E-state index contributed by atoms with van der Waals surface area (Å²) in [5.41, 5.74) is 0.266. The van der Waals surface area contributed by atoms with E-state index in [-0.39, 0.29) is 24.5 Å². The summed E-state index contributed by atoms with van der Waals surface area (Å²) in [4.78, 5) is 23.8. The summed E-state index contributed by atoms with van der Waals surface area (Å²) in [5, 5.41) is 16.1. The summed E-state index contributed by atoms with van der Waals surface area (Å²) in [6.45, 7) is 10.1. The first-order valence-electron chi connectivity index (χ1n) is 9.07. The van der Waals surface area contributed by atoms with E-state index in [1.165, 1.54) is 6.07 Å². The lowest BCUT2D eigenvalue weighted by molar-refractivity contribution is 0.0475. The maximum atomic E-state index is 13.5. The van der Waals surface area contributed by atoms with E-state index in [0.717, 1.165) is 12.1 Å². The third kappa shape index (κ3) is 10.4. The van der Waals surface area contributed by atoms with Gasteiger partial charge in [0.1, 0.15) is 28.9 Å². The van der Waals surface area contributed by atoms with Gasteiger partial charge in [0.25, 0.3) is 0 Å². The largest absolute Gasteiger partial charge is 0.761 e. The molecule has 1 aromatic carbocycles. The molecule has 9 nitrogen and oxygen atoms in total. The zero-order valence-corrected chi connectivity index (χ0v) is 17.6. The number of hydrogen-bond acceptors (Lipinski definition) is 7. The highest BCUT2D eigenvalue weighted by Crippen LogP contribution is 2.26. The highest BCUT2D eigenvalue weighted by atomic mass is 19.1. The van der Waals surface area contributed by atoms with Crippen molar-refractivity contribution in [1.29, 1.82) is 0 Å². The Balaban J connectivity index is 2.83. The van der Waals surface area contributed by atoms with E-state index in [0.29, 0.717) is 0 Å². The van der Waals surface area contributed by atoms with E-state index < -0.39 is 35.3 Å². The van der Waals surface area contributed by atoms with Gasteiger partial charge >= 0.3 is 12.2 Å². The fraction of sp³-hybridized carbons (Fsp3) is 0.579. The molecule has 0 heterocycles. The second-order valence-electron chi connectivity index (χ2n) is 8.25. The van der Waals surface area contributed by atoms with E-state index in [1.807, 2.05) is 0 Å². The van der Waals surface area contributed by atoms with Crippen molar-refractivity contribution in [2.45, 2.75) is 58.8 Å². The molecular formula is C19H29FN3O6-. The summed E-state index contributed by atoms with van der Waals surface area (Å²) in [6.07, 6.45) is -2.22. The zero-order chi connectivity index (χ0) is 22.2. The standard InChI is InChI=1S/C19H29FN3O6/c1-18(2,3)28-16(24)21-10-13(11-22-17(25)29-19(4,5)6)27-15-9-12(20)7-8-14(15)23-26/h7-9,13,23H,10-11H2,1-6H3,(H,21,24)(H,22,25)/q-1. The number of benzene rings is 1. The molecule has 0 aliphatic heterocycles. The monoisotopic (exact) mass is 414 g/mol.